The molecule has 6 heteroatoms. The van der Waals surface area contributed by atoms with Crippen molar-refractivity contribution in [3.8, 4) is 5.75 Å². The summed E-state index contributed by atoms with van der Waals surface area (Å²) >= 11 is 0. The van der Waals surface area contributed by atoms with Gasteiger partial charge in [-0.2, -0.15) is 0 Å². The van der Waals surface area contributed by atoms with Crippen LogP contribution >= 0.6 is 0 Å². The van der Waals surface area contributed by atoms with Crippen LogP contribution in [0.2, 0.25) is 0 Å². The molecule has 1 saturated carbocycles. The van der Waals surface area contributed by atoms with E-state index in [1.807, 2.05) is 30.3 Å². The fraction of sp³-hybridized carbons (Fsp3) is 0.500. The fourth-order valence-corrected chi connectivity index (χ4v) is 4.31. The highest BCUT2D eigenvalue weighted by Crippen LogP contribution is 2.31. The molecule has 1 atom stereocenters. The van der Waals surface area contributed by atoms with E-state index in [1.54, 1.807) is 13.3 Å². The summed E-state index contributed by atoms with van der Waals surface area (Å²) in [6.45, 7) is 1.65. The lowest BCUT2D eigenvalue weighted by atomic mass is 9.93. The topological polar surface area (TPSA) is 67.3 Å². The molecule has 0 bridgehead atoms. The van der Waals surface area contributed by atoms with Gasteiger partial charge in [0.2, 0.25) is 11.9 Å². The largest absolute Gasteiger partial charge is 0.497 e. The Morgan fingerprint density at radius 3 is 2.64 bits per heavy atom. The number of amides is 1. The lowest BCUT2D eigenvalue weighted by Crippen LogP contribution is -2.42. The molecule has 2 fully saturated rings. The molecule has 6 nitrogen and oxygen atoms in total. The third-order valence-corrected chi connectivity index (χ3v) is 5.88. The number of hydrogen-bond acceptors (Lipinski definition) is 5. The van der Waals surface area contributed by atoms with Crippen LogP contribution in [0.15, 0.2) is 36.5 Å². The van der Waals surface area contributed by atoms with E-state index >= 15 is 0 Å². The third-order valence-electron chi connectivity index (χ3n) is 5.88. The van der Waals surface area contributed by atoms with Gasteiger partial charge in [-0.15, -0.1) is 0 Å². The smallest absolute Gasteiger partial charge is 0.227 e. The Hall–Kier alpha value is -2.63. The molecule has 0 radical (unpaired) electrons. The molecule has 1 saturated heterocycles. The number of nitrogens with zero attached hydrogens (tertiary/aromatic N) is 3. The van der Waals surface area contributed by atoms with Crippen molar-refractivity contribution in [2.45, 2.75) is 44.4 Å². The number of hydrogen-bond donors (Lipinski definition) is 1. The summed E-state index contributed by atoms with van der Waals surface area (Å²) in [6, 6.07) is 9.67. The van der Waals surface area contributed by atoms with Crippen molar-refractivity contribution < 1.29 is 9.53 Å². The highest BCUT2D eigenvalue weighted by atomic mass is 16.5. The Balaban J connectivity index is 1.43. The molecular formula is C22H28N4O2. The van der Waals surface area contributed by atoms with Crippen LogP contribution in [-0.2, 0) is 4.79 Å². The second kappa shape index (κ2) is 8.59. The first kappa shape index (κ1) is 18.7. The molecule has 2 heterocycles. The summed E-state index contributed by atoms with van der Waals surface area (Å²) in [5, 5.41) is 3.26. The highest BCUT2D eigenvalue weighted by molar-refractivity contribution is 5.79. The number of ether oxygens (including phenoxy) is 1. The van der Waals surface area contributed by atoms with Crippen molar-refractivity contribution in [1.29, 1.82) is 0 Å². The molecule has 1 amide bonds. The zero-order valence-electron chi connectivity index (χ0n) is 16.4. The van der Waals surface area contributed by atoms with Crippen LogP contribution in [0.3, 0.4) is 0 Å². The van der Waals surface area contributed by atoms with E-state index < -0.39 is 0 Å². The van der Waals surface area contributed by atoms with Crippen LogP contribution < -0.4 is 10.1 Å². The maximum absolute atomic E-state index is 12.8. The van der Waals surface area contributed by atoms with Gasteiger partial charge in [0, 0.05) is 36.8 Å². The molecule has 2 aliphatic rings. The van der Waals surface area contributed by atoms with Gasteiger partial charge in [-0.05, 0) is 56.0 Å². The van der Waals surface area contributed by atoms with Crippen LogP contribution in [0.4, 0.5) is 11.6 Å². The predicted octanol–water partition coefficient (Wildman–Crippen LogP) is 4.13. The summed E-state index contributed by atoms with van der Waals surface area (Å²) in [6.07, 6.45) is 8.40. The van der Waals surface area contributed by atoms with E-state index in [0.29, 0.717) is 11.9 Å². The van der Waals surface area contributed by atoms with Crippen LogP contribution in [0, 0.1) is 5.92 Å². The van der Waals surface area contributed by atoms with Crippen LogP contribution in [0.25, 0.3) is 0 Å². The number of methoxy groups -OCH3 is 1. The van der Waals surface area contributed by atoms with Gasteiger partial charge in [0.1, 0.15) is 5.75 Å². The predicted molar refractivity (Wildman–Crippen MR) is 109 cm³/mol. The van der Waals surface area contributed by atoms with Crippen molar-refractivity contribution in [3.05, 3.63) is 42.2 Å². The molecule has 1 aromatic heterocycles. The Morgan fingerprint density at radius 1 is 1.11 bits per heavy atom. The highest BCUT2D eigenvalue weighted by Gasteiger charge is 2.31. The summed E-state index contributed by atoms with van der Waals surface area (Å²) in [4.78, 5) is 24.0. The Labute approximate surface area is 166 Å². The van der Waals surface area contributed by atoms with E-state index in [1.165, 1.54) is 12.8 Å². The molecule has 1 aliphatic carbocycles. The minimum absolute atomic E-state index is 0.247. The molecule has 0 unspecified atom stereocenters. The van der Waals surface area contributed by atoms with E-state index in [4.69, 9.17) is 9.72 Å². The molecule has 28 heavy (non-hydrogen) atoms. The summed E-state index contributed by atoms with van der Waals surface area (Å²) in [5.74, 6) is 2.28. The van der Waals surface area contributed by atoms with Crippen molar-refractivity contribution in [2.75, 3.05) is 25.5 Å². The maximum atomic E-state index is 12.8. The number of aromatic nitrogens is 2. The average Bonchev–Trinajstić information content (AvgIpc) is 3.29. The molecule has 0 spiro atoms. The second-order valence-electron chi connectivity index (χ2n) is 7.76. The van der Waals surface area contributed by atoms with Gasteiger partial charge in [-0.1, -0.05) is 12.8 Å². The zero-order valence-corrected chi connectivity index (χ0v) is 16.4. The summed E-state index contributed by atoms with van der Waals surface area (Å²) < 4.78 is 5.19. The molecular weight excluding hydrogens is 352 g/mol. The Bertz CT molecular complexity index is 802. The van der Waals surface area contributed by atoms with Crippen LogP contribution in [-0.4, -0.2) is 41.0 Å². The maximum Gasteiger partial charge on any atom is 0.227 e. The number of carbonyl (C=O) groups excluding carboxylic acids is 1. The minimum Gasteiger partial charge on any atom is -0.497 e. The van der Waals surface area contributed by atoms with Crippen molar-refractivity contribution in [1.82, 2.24) is 14.9 Å². The quantitative estimate of drug-likeness (QED) is 0.845. The summed E-state index contributed by atoms with van der Waals surface area (Å²) in [7, 11) is 1.65. The normalized spacial score (nSPS) is 20.2. The lowest BCUT2D eigenvalue weighted by Gasteiger charge is -2.34. The zero-order chi connectivity index (χ0) is 19.3. The fourth-order valence-electron chi connectivity index (χ4n) is 4.31. The number of piperidine rings is 1. The minimum atomic E-state index is 0.247. The lowest BCUT2D eigenvalue weighted by molar-refractivity contribution is -0.136. The van der Waals surface area contributed by atoms with Gasteiger partial charge >= 0.3 is 0 Å². The molecule has 4 rings (SSSR count). The van der Waals surface area contributed by atoms with E-state index in [-0.39, 0.29) is 11.8 Å². The number of rotatable bonds is 5. The van der Waals surface area contributed by atoms with Crippen molar-refractivity contribution in [3.63, 3.8) is 0 Å². The number of anilines is 2. The molecule has 2 aromatic rings. The number of nitrogens with one attached hydrogen (secondary N) is 1. The molecule has 1 aliphatic heterocycles. The third kappa shape index (κ3) is 4.26. The van der Waals surface area contributed by atoms with Crippen LogP contribution in [0.1, 0.15) is 50.1 Å². The van der Waals surface area contributed by atoms with Gasteiger partial charge in [0.05, 0.1) is 12.8 Å². The average molecular weight is 380 g/mol. The number of likely N-dealkylation sites (tertiary alicyclic amines) is 1. The molecule has 148 valence electrons. The van der Waals surface area contributed by atoms with Gasteiger partial charge in [0.15, 0.2) is 0 Å². The monoisotopic (exact) mass is 380 g/mol. The van der Waals surface area contributed by atoms with Crippen molar-refractivity contribution in [2.24, 2.45) is 5.92 Å². The second-order valence-corrected chi connectivity index (χ2v) is 7.76. The first-order valence-corrected chi connectivity index (χ1v) is 10.3. The first-order chi connectivity index (χ1) is 13.7. The summed E-state index contributed by atoms with van der Waals surface area (Å²) in [5.41, 5.74) is 1.93. The Morgan fingerprint density at radius 2 is 1.89 bits per heavy atom. The molecule has 1 aromatic carbocycles. The standard InChI is InChI=1S/C22H28N4O2/c1-28-19-10-8-18(9-11-19)24-22-23-13-12-20(25-22)17-7-4-14-26(15-17)21(27)16-5-2-3-6-16/h8-13,16-17H,2-7,14-15H2,1H3,(H,23,24,25)/t17-/m0/s1. The van der Waals surface area contributed by atoms with Gasteiger partial charge in [0.25, 0.3) is 0 Å². The Kier molecular flexibility index (Phi) is 5.74. The van der Waals surface area contributed by atoms with E-state index in [0.717, 1.165) is 55.9 Å². The first-order valence-electron chi connectivity index (χ1n) is 10.3. The van der Waals surface area contributed by atoms with Gasteiger partial charge in [-0.25, -0.2) is 9.97 Å². The van der Waals surface area contributed by atoms with E-state index in [2.05, 4.69) is 15.2 Å². The van der Waals surface area contributed by atoms with Gasteiger partial charge in [-0.3, -0.25) is 4.79 Å². The van der Waals surface area contributed by atoms with E-state index in [9.17, 15) is 4.79 Å². The van der Waals surface area contributed by atoms with Crippen molar-refractivity contribution >= 4 is 17.5 Å². The van der Waals surface area contributed by atoms with Gasteiger partial charge < -0.3 is 15.0 Å². The molecule has 1 N–H and O–H groups in total. The number of benzene rings is 1. The SMILES string of the molecule is COc1ccc(Nc2nccc([C@H]3CCCN(C(=O)C4CCCC4)C3)n2)cc1. The van der Waals surface area contributed by atoms with Crippen LogP contribution in [0.5, 0.6) is 5.75 Å². The number of carbonyl (C=O) groups is 1.